The number of carbonyl (C=O) groups is 2. The fourth-order valence-electron chi connectivity index (χ4n) is 1.61. The highest BCUT2D eigenvalue weighted by molar-refractivity contribution is 5.73. The van der Waals surface area contributed by atoms with Gasteiger partial charge in [-0.2, -0.15) is 26.3 Å². The van der Waals surface area contributed by atoms with Gasteiger partial charge in [-0.25, -0.2) is 9.59 Å². The molecule has 13 heteroatoms. The third-order valence-electron chi connectivity index (χ3n) is 2.86. The molecule has 0 radical (unpaired) electrons. The number of aliphatic carboxylic acids is 2. The fourth-order valence-corrected chi connectivity index (χ4v) is 1.61. The summed E-state index contributed by atoms with van der Waals surface area (Å²) in [7, 11) is 0. The number of nitrogen functional groups attached to an aromatic ring is 1. The molecule has 0 aromatic heterocycles. The van der Waals surface area contributed by atoms with E-state index in [9.17, 15) is 26.3 Å². The van der Waals surface area contributed by atoms with Crippen molar-refractivity contribution in [2.45, 2.75) is 12.4 Å². The van der Waals surface area contributed by atoms with Crippen molar-refractivity contribution in [3.63, 3.8) is 0 Å². The number of rotatable bonds is 1. The van der Waals surface area contributed by atoms with Crippen molar-refractivity contribution in [2.75, 3.05) is 36.8 Å². The highest BCUT2D eigenvalue weighted by Crippen LogP contribution is 2.16. The van der Waals surface area contributed by atoms with E-state index in [1.54, 1.807) is 0 Å². The molecule has 1 aliphatic heterocycles. The van der Waals surface area contributed by atoms with E-state index in [1.807, 2.05) is 12.1 Å². The lowest BCUT2D eigenvalue weighted by molar-refractivity contribution is -0.193. The second kappa shape index (κ2) is 10.4. The Morgan fingerprint density at radius 2 is 1.22 bits per heavy atom. The molecule has 7 nitrogen and oxygen atoms in total. The summed E-state index contributed by atoms with van der Waals surface area (Å²) < 4.78 is 63.5. The lowest BCUT2D eigenvalue weighted by atomic mass is 10.2. The maximum Gasteiger partial charge on any atom is 0.490 e. The standard InChI is InChI=1S/C10H15N3.2C2HF3O2/c11-9-1-3-10(4-2-9)13-7-5-12-6-8-13;2*3-2(4,5)1(6)7/h1-4,12H,5-8,11H2;2*(H,6,7). The van der Waals surface area contributed by atoms with E-state index < -0.39 is 24.3 Å². The predicted molar refractivity (Wildman–Crippen MR) is 83.3 cm³/mol. The molecular weight excluding hydrogens is 388 g/mol. The van der Waals surface area contributed by atoms with Gasteiger partial charge in [0.25, 0.3) is 0 Å². The first-order chi connectivity index (χ1) is 12.2. The van der Waals surface area contributed by atoms with Gasteiger partial charge in [0.05, 0.1) is 0 Å². The van der Waals surface area contributed by atoms with Gasteiger partial charge in [-0.1, -0.05) is 0 Å². The van der Waals surface area contributed by atoms with E-state index >= 15 is 0 Å². The zero-order valence-corrected chi connectivity index (χ0v) is 13.6. The first-order valence-electron chi connectivity index (χ1n) is 7.16. The Bertz CT molecular complexity index is 574. The van der Waals surface area contributed by atoms with Crippen molar-refractivity contribution in [2.24, 2.45) is 0 Å². The largest absolute Gasteiger partial charge is 0.490 e. The van der Waals surface area contributed by atoms with Gasteiger partial charge in [-0.15, -0.1) is 0 Å². The van der Waals surface area contributed by atoms with Crippen molar-refractivity contribution in [3.05, 3.63) is 24.3 Å². The minimum atomic E-state index is -5.08. The van der Waals surface area contributed by atoms with Gasteiger partial charge >= 0.3 is 24.3 Å². The van der Waals surface area contributed by atoms with E-state index in [-0.39, 0.29) is 0 Å². The number of nitrogens with zero attached hydrogens (tertiary/aromatic N) is 1. The van der Waals surface area contributed by atoms with Crippen LogP contribution in [0.3, 0.4) is 0 Å². The van der Waals surface area contributed by atoms with Crippen LogP contribution in [0.15, 0.2) is 24.3 Å². The maximum absolute atomic E-state index is 10.6. The van der Waals surface area contributed by atoms with Crippen molar-refractivity contribution in [1.82, 2.24) is 5.32 Å². The summed E-state index contributed by atoms with van der Waals surface area (Å²) in [5.41, 5.74) is 7.73. The molecule has 0 atom stereocenters. The van der Waals surface area contributed by atoms with Crippen LogP contribution in [-0.4, -0.2) is 60.7 Å². The van der Waals surface area contributed by atoms with E-state index in [0.29, 0.717) is 0 Å². The SMILES string of the molecule is Nc1ccc(N2CCNCC2)cc1.O=C(O)C(F)(F)F.O=C(O)C(F)(F)F. The molecule has 2 rings (SSSR count). The molecule has 0 saturated carbocycles. The Labute approximate surface area is 149 Å². The molecule has 0 aliphatic carbocycles. The van der Waals surface area contributed by atoms with Crippen molar-refractivity contribution < 1.29 is 46.1 Å². The molecule has 154 valence electrons. The third kappa shape index (κ3) is 10.8. The minimum absolute atomic E-state index is 0.832. The van der Waals surface area contributed by atoms with Crippen LogP contribution < -0.4 is 16.0 Å². The maximum atomic E-state index is 10.6. The Balaban J connectivity index is 0.000000416. The summed E-state index contributed by atoms with van der Waals surface area (Å²) in [6.07, 6.45) is -10.2. The van der Waals surface area contributed by atoms with Crippen LogP contribution in [0.1, 0.15) is 0 Å². The van der Waals surface area contributed by atoms with Gasteiger partial charge in [0, 0.05) is 37.6 Å². The Morgan fingerprint density at radius 1 is 0.889 bits per heavy atom. The summed E-state index contributed by atoms with van der Waals surface area (Å²) >= 11 is 0. The van der Waals surface area contributed by atoms with Crippen LogP contribution in [-0.2, 0) is 9.59 Å². The van der Waals surface area contributed by atoms with Crippen LogP contribution in [0.2, 0.25) is 0 Å². The number of carboxylic acids is 2. The number of anilines is 2. The second-order valence-corrected chi connectivity index (χ2v) is 4.93. The van der Waals surface area contributed by atoms with Gasteiger partial charge in [0.2, 0.25) is 0 Å². The number of benzene rings is 1. The van der Waals surface area contributed by atoms with Crippen LogP contribution >= 0.6 is 0 Å². The van der Waals surface area contributed by atoms with Gasteiger partial charge in [0.15, 0.2) is 0 Å². The molecule has 0 amide bonds. The summed E-state index contributed by atoms with van der Waals surface area (Å²) in [6.45, 7) is 4.32. The van der Waals surface area contributed by atoms with Crippen LogP contribution in [0, 0.1) is 0 Å². The average Bonchev–Trinajstić information content (AvgIpc) is 2.56. The molecule has 0 bridgehead atoms. The zero-order valence-electron chi connectivity index (χ0n) is 13.6. The number of hydrogen-bond donors (Lipinski definition) is 4. The Kier molecular flexibility index (Phi) is 9.40. The van der Waals surface area contributed by atoms with Gasteiger partial charge in [0.1, 0.15) is 0 Å². The monoisotopic (exact) mass is 405 g/mol. The van der Waals surface area contributed by atoms with Crippen molar-refractivity contribution in [1.29, 1.82) is 0 Å². The van der Waals surface area contributed by atoms with E-state index in [0.717, 1.165) is 31.9 Å². The van der Waals surface area contributed by atoms with Crippen LogP contribution in [0.4, 0.5) is 37.7 Å². The number of nitrogens with two attached hydrogens (primary N) is 1. The highest BCUT2D eigenvalue weighted by Gasteiger charge is 2.38. The summed E-state index contributed by atoms with van der Waals surface area (Å²) in [4.78, 5) is 20.2. The fraction of sp³-hybridized carbons (Fsp3) is 0.429. The first kappa shape index (κ1) is 24.3. The normalized spacial score (nSPS) is 14.2. The molecule has 1 fully saturated rings. The quantitative estimate of drug-likeness (QED) is 0.417. The number of halogens is 6. The Morgan fingerprint density at radius 3 is 1.52 bits per heavy atom. The van der Waals surface area contributed by atoms with Crippen LogP contribution in [0.25, 0.3) is 0 Å². The molecule has 1 heterocycles. The van der Waals surface area contributed by atoms with E-state index in [4.69, 9.17) is 25.5 Å². The molecule has 5 N–H and O–H groups in total. The van der Waals surface area contributed by atoms with E-state index in [1.165, 1.54) is 5.69 Å². The predicted octanol–water partition coefficient (Wildman–Crippen LogP) is 1.94. The molecule has 1 aromatic carbocycles. The smallest absolute Gasteiger partial charge is 0.475 e. The Hall–Kier alpha value is -2.70. The molecular formula is C14H17F6N3O4. The average molecular weight is 405 g/mol. The number of piperazine rings is 1. The highest BCUT2D eigenvalue weighted by atomic mass is 19.4. The minimum Gasteiger partial charge on any atom is -0.475 e. The molecule has 1 aliphatic rings. The third-order valence-corrected chi connectivity index (χ3v) is 2.86. The number of alkyl halides is 6. The number of hydrogen-bond acceptors (Lipinski definition) is 5. The molecule has 0 spiro atoms. The van der Waals surface area contributed by atoms with Crippen LogP contribution in [0.5, 0.6) is 0 Å². The van der Waals surface area contributed by atoms with Gasteiger partial charge in [-0.3, -0.25) is 0 Å². The summed E-state index contributed by atoms with van der Waals surface area (Å²) in [5, 5.41) is 17.6. The second-order valence-electron chi connectivity index (χ2n) is 4.93. The summed E-state index contributed by atoms with van der Waals surface area (Å²) in [5.74, 6) is -5.51. The zero-order chi connectivity index (χ0) is 21.3. The van der Waals surface area contributed by atoms with Crippen molar-refractivity contribution >= 4 is 23.3 Å². The molecule has 0 unspecified atom stereocenters. The number of carboxylic acid groups (broad SMARTS) is 2. The molecule has 27 heavy (non-hydrogen) atoms. The molecule has 1 aromatic rings. The lowest BCUT2D eigenvalue weighted by Crippen LogP contribution is -2.43. The van der Waals surface area contributed by atoms with Gasteiger partial charge in [-0.05, 0) is 24.3 Å². The molecule has 1 saturated heterocycles. The summed E-state index contributed by atoms with van der Waals surface area (Å²) in [6, 6.07) is 8.08. The topological polar surface area (TPSA) is 116 Å². The first-order valence-corrected chi connectivity index (χ1v) is 7.16. The number of nitrogens with one attached hydrogen (secondary N) is 1. The lowest BCUT2D eigenvalue weighted by Gasteiger charge is -2.29. The van der Waals surface area contributed by atoms with Crippen molar-refractivity contribution in [3.8, 4) is 0 Å². The van der Waals surface area contributed by atoms with Gasteiger partial charge < -0.3 is 26.2 Å². The van der Waals surface area contributed by atoms with E-state index in [2.05, 4.69) is 22.3 Å².